The fourth-order valence-electron chi connectivity index (χ4n) is 3.45. The van der Waals surface area contributed by atoms with Crippen molar-refractivity contribution >= 4 is 44.1 Å². The number of hydrogen-bond donors (Lipinski definition) is 2. The Bertz CT molecular complexity index is 879. The predicted molar refractivity (Wildman–Crippen MR) is 107 cm³/mol. The van der Waals surface area contributed by atoms with Crippen LogP contribution in [0.5, 0.6) is 0 Å². The molecule has 0 radical (unpaired) electrons. The van der Waals surface area contributed by atoms with Gasteiger partial charge >= 0.3 is 0 Å². The molecule has 1 aliphatic carbocycles. The van der Waals surface area contributed by atoms with Crippen LogP contribution in [0.2, 0.25) is 0 Å². The van der Waals surface area contributed by atoms with Gasteiger partial charge in [0.1, 0.15) is 5.00 Å². The van der Waals surface area contributed by atoms with Crippen LogP contribution < -0.4 is 11.1 Å². The van der Waals surface area contributed by atoms with Gasteiger partial charge in [-0.15, -0.1) is 11.3 Å². The molecule has 3 rings (SSSR count). The van der Waals surface area contributed by atoms with Crippen molar-refractivity contribution in [1.29, 1.82) is 0 Å². The number of fused-ring (bicyclic) bond motifs is 1. The topological polar surface area (TPSA) is 90.0 Å². The number of nitrogens with two attached hydrogens (primary N) is 1. The van der Waals surface area contributed by atoms with Gasteiger partial charge in [-0.1, -0.05) is 20.8 Å². The molecule has 26 heavy (non-hydrogen) atoms. The standard InChI is InChI=1S/C18H23BrN4O2S/c1-18(2,3)9-5-6-10-12(7-9)26-17(13(10)15(20)24)21-16(25)14-11(19)8-23(4)22-14/h8-9H,5-7H2,1-4H3,(H2,20,24)(H,21,25)/t9-/m1/s1. The van der Waals surface area contributed by atoms with Crippen molar-refractivity contribution in [3.63, 3.8) is 0 Å². The maximum absolute atomic E-state index is 12.6. The van der Waals surface area contributed by atoms with E-state index in [2.05, 4.69) is 47.1 Å². The zero-order valence-corrected chi connectivity index (χ0v) is 17.8. The van der Waals surface area contributed by atoms with Crippen LogP contribution in [0, 0.1) is 11.3 Å². The molecule has 0 bridgehead atoms. The molecule has 2 aromatic heterocycles. The number of nitrogens with zero attached hydrogens (tertiary/aromatic N) is 2. The van der Waals surface area contributed by atoms with Crippen LogP contribution in [0.15, 0.2) is 10.7 Å². The zero-order chi connectivity index (χ0) is 19.2. The highest BCUT2D eigenvalue weighted by molar-refractivity contribution is 9.10. The molecule has 2 amide bonds. The van der Waals surface area contributed by atoms with Crippen molar-refractivity contribution in [2.75, 3.05) is 5.32 Å². The number of hydrogen-bond acceptors (Lipinski definition) is 4. The predicted octanol–water partition coefficient (Wildman–Crippen LogP) is 3.75. The summed E-state index contributed by atoms with van der Waals surface area (Å²) in [7, 11) is 1.74. The smallest absolute Gasteiger partial charge is 0.277 e. The Morgan fingerprint density at radius 3 is 2.65 bits per heavy atom. The molecular weight excluding hydrogens is 416 g/mol. The van der Waals surface area contributed by atoms with Crippen molar-refractivity contribution in [1.82, 2.24) is 9.78 Å². The van der Waals surface area contributed by atoms with E-state index in [1.54, 1.807) is 17.9 Å². The number of carbonyl (C=O) groups is 2. The van der Waals surface area contributed by atoms with Gasteiger partial charge in [0, 0.05) is 18.1 Å². The van der Waals surface area contributed by atoms with Gasteiger partial charge in [0.15, 0.2) is 5.69 Å². The molecule has 1 atom stereocenters. The summed E-state index contributed by atoms with van der Waals surface area (Å²) in [6, 6.07) is 0. The SMILES string of the molecule is Cn1cc(Br)c(C(=O)Nc2sc3c(c2C(N)=O)CC[C@@H](C(C)(C)C)C3)n1. The molecule has 1 aliphatic rings. The summed E-state index contributed by atoms with van der Waals surface area (Å²) >= 11 is 4.80. The first-order valence-electron chi connectivity index (χ1n) is 8.52. The van der Waals surface area contributed by atoms with Gasteiger partial charge in [-0.2, -0.15) is 5.10 Å². The molecular formula is C18H23BrN4O2S. The Balaban J connectivity index is 1.93. The van der Waals surface area contributed by atoms with Gasteiger partial charge in [-0.3, -0.25) is 14.3 Å². The summed E-state index contributed by atoms with van der Waals surface area (Å²) in [5.41, 5.74) is 7.58. The Kier molecular flexibility index (Phi) is 5.00. The Morgan fingerprint density at radius 1 is 1.42 bits per heavy atom. The number of thiophene rings is 1. The van der Waals surface area contributed by atoms with Gasteiger partial charge in [0.25, 0.3) is 11.8 Å². The second-order valence-corrected chi connectivity index (χ2v) is 9.79. The van der Waals surface area contributed by atoms with E-state index in [4.69, 9.17) is 5.73 Å². The maximum atomic E-state index is 12.6. The summed E-state index contributed by atoms with van der Waals surface area (Å²) in [5.74, 6) is -0.305. The Hall–Kier alpha value is -1.67. The second-order valence-electron chi connectivity index (χ2n) is 7.83. The molecule has 0 spiro atoms. The normalized spacial score (nSPS) is 17.0. The molecule has 0 unspecified atom stereocenters. The summed E-state index contributed by atoms with van der Waals surface area (Å²) < 4.78 is 2.16. The highest BCUT2D eigenvalue weighted by Gasteiger charge is 2.33. The number of aromatic nitrogens is 2. The second kappa shape index (κ2) is 6.81. The molecule has 0 saturated heterocycles. The minimum Gasteiger partial charge on any atom is -0.365 e. The van der Waals surface area contributed by atoms with Crippen LogP contribution in [0.1, 0.15) is 58.5 Å². The quantitative estimate of drug-likeness (QED) is 0.764. The highest BCUT2D eigenvalue weighted by Crippen LogP contribution is 2.44. The van der Waals surface area contributed by atoms with Gasteiger partial charge < -0.3 is 11.1 Å². The molecule has 140 valence electrons. The third-order valence-corrected chi connectivity index (χ3v) is 6.71. The number of nitrogens with one attached hydrogen (secondary N) is 1. The van der Waals surface area contributed by atoms with Gasteiger partial charge in [0.05, 0.1) is 10.0 Å². The van der Waals surface area contributed by atoms with Crippen LogP contribution in [0.25, 0.3) is 0 Å². The molecule has 8 heteroatoms. The van der Waals surface area contributed by atoms with Gasteiger partial charge in [0.2, 0.25) is 0 Å². The highest BCUT2D eigenvalue weighted by atomic mass is 79.9. The summed E-state index contributed by atoms with van der Waals surface area (Å²) in [4.78, 5) is 25.8. The number of primary amides is 1. The van der Waals surface area contributed by atoms with E-state index in [1.165, 1.54) is 11.3 Å². The Labute approximate surface area is 165 Å². The number of amides is 2. The van der Waals surface area contributed by atoms with Crippen LogP contribution >= 0.6 is 27.3 Å². The number of carbonyl (C=O) groups excluding carboxylic acids is 2. The molecule has 0 aromatic carbocycles. The van der Waals surface area contributed by atoms with E-state index in [9.17, 15) is 9.59 Å². The molecule has 2 heterocycles. The minimum absolute atomic E-state index is 0.205. The maximum Gasteiger partial charge on any atom is 0.277 e. The molecule has 0 saturated carbocycles. The summed E-state index contributed by atoms with van der Waals surface area (Å²) in [6.07, 6.45) is 4.45. The monoisotopic (exact) mass is 438 g/mol. The van der Waals surface area contributed by atoms with E-state index < -0.39 is 5.91 Å². The van der Waals surface area contributed by atoms with E-state index in [-0.39, 0.29) is 17.0 Å². The fraction of sp³-hybridized carbons (Fsp3) is 0.500. The van der Waals surface area contributed by atoms with Gasteiger partial charge in [-0.05, 0) is 52.1 Å². The van der Waals surface area contributed by atoms with Crippen molar-refractivity contribution in [3.05, 3.63) is 32.4 Å². The zero-order valence-electron chi connectivity index (χ0n) is 15.4. The minimum atomic E-state index is -0.493. The van der Waals surface area contributed by atoms with E-state index >= 15 is 0 Å². The Morgan fingerprint density at radius 2 is 2.12 bits per heavy atom. The third kappa shape index (κ3) is 3.57. The number of rotatable bonds is 3. The first-order valence-corrected chi connectivity index (χ1v) is 10.1. The lowest BCUT2D eigenvalue weighted by Gasteiger charge is -2.33. The molecule has 0 aliphatic heterocycles. The van der Waals surface area contributed by atoms with Crippen LogP contribution in [0.3, 0.4) is 0 Å². The van der Waals surface area contributed by atoms with Crippen molar-refractivity contribution in [3.8, 4) is 0 Å². The lowest BCUT2D eigenvalue weighted by Crippen LogP contribution is -2.27. The van der Waals surface area contributed by atoms with Gasteiger partial charge in [-0.25, -0.2) is 0 Å². The fourth-order valence-corrected chi connectivity index (χ4v) is 5.33. The number of aryl methyl sites for hydroxylation is 1. The first-order chi connectivity index (χ1) is 12.1. The first kappa shape index (κ1) is 19.1. The largest absolute Gasteiger partial charge is 0.365 e. The van der Waals surface area contributed by atoms with Crippen molar-refractivity contribution < 1.29 is 9.59 Å². The van der Waals surface area contributed by atoms with Crippen LogP contribution in [-0.2, 0) is 19.9 Å². The van der Waals surface area contributed by atoms with Crippen LogP contribution in [0.4, 0.5) is 5.00 Å². The van der Waals surface area contributed by atoms with E-state index in [0.29, 0.717) is 21.0 Å². The molecule has 0 fully saturated rings. The van der Waals surface area contributed by atoms with E-state index in [0.717, 1.165) is 29.7 Å². The average Bonchev–Trinajstić information content (AvgIpc) is 3.04. The van der Waals surface area contributed by atoms with E-state index in [1.807, 2.05) is 0 Å². The molecule has 3 N–H and O–H groups in total. The number of anilines is 1. The van der Waals surface area contributed by atoms with Crippen molar-refractivity contribution in [2.45, 2.75) is 40.0 Å². The average molecular weight is 439 g/mol. The van der Waals surface area contributed by atoms with Crippen LogP contribution in [-0.4, -0.2) is 21.6 Å². The lowest BCUT2D eigenvalue weighted by atomic mass is 9.72. The summed E-state index contributed by atoms with van der Waals surface area (Å²) in [6.45, 7) is 6.73. The molecule has 2 aromatic rings. The third-order valence-electron chi connectivity index (χ3n) is 4.96. The lowest BCUT2D eigenvalue weighted by molar-refractivity contribution is 0.1000. The van der Waals surface area contributed by atoms with Crippen molar-refractivity contribution in [2.24, 2.45) is 24.1 Å². The number of halogens is 1. The summed E-state index contributed by atoms with van der Waals surface area (Å²) in [5, 5.41) is 7.53. The molecule has 6 nitrogen and oxygen atoms in total.